The minimum Gasteiger partial charge on any atom is -0.466 e. The van der Waals surface area contributed by atoms with Gasteiger partial charge in [0.25, 0.3) is 0 Å². The van der Waals surface area contributed by atoms with Crippen molar-refractivity contribution in [2.75, 3.05) is 19.7 Å². The molecule has 0 amide bonds. The number of hydrogen-bond acceptors (Lipinski definition) is 5. The molecule has 0 saturated carbocycles. The average molecular weight is 386 g/mol. The predicted octanol–water partition coefficient (Wildman–Crippen LogP) is 4.13. The summed E-state index contributed by atoms with van der Waals surface area (Å²) in [6, 6.07) is 12.9. The topological polar surface area (TPSA) is 38.8 Å². The van der Waals surface area contributed by atoms with Gasteiger partial charge < -0.3 is 9.47 Å². The van der Waals surface area contributed by atoms with Crippen LogP contribution in [0.3, 0.4) is 0 Å². The fourth-order valence-electron chi connectivity index (χ4n) is 4.36. The fraction of sp³-hybridized carbons (Fsp3) is 0.500. The molecular formula is C22H27NO3S. The zero-order valence-electron chi connectivity index (χ0n) is 15.9. The molecule has 144 valence electrons. The molecule has 1 fully saturated rings. The highest BCUT2D eigenvalue weighted by Crippen LogP contribution is 2.45. The largest absolute Gasteiger partial charge is 0.466 e. The molecular weight excluding hydrogens is 358 g/mol. The molecule has 27 heavy (non-hydrogen) atoms. The number of piperidine rings is 1. The lowest BCUT2D eigenvalue weighted by Crippen LogP contribution is -2.48. The third kappa shape index (κ3) is 4.10. The number of ether oxygens (including phenoxy) is 2. The molecule has 4 rings (SSSR count). The van der Waals surface area contributed by atoms with Crippen molar-refractivity contribution in [3.8, 4) is 0 Å². The van der Waals surface area contributed by atoms with Crippen molar-refractivity contribution in [1.29, 1.82) is 0 Å². The lowest BCUT2D eigenvalue weighted by atomic mass is 9.81. The molecule has 4 nitrogen and oxygen atoms in total. The molecule has 1 spiro atoms. The van der Waals surface area contributed by atoms with E-state index in [2.05, 4.69) is 46.7 Å². The molecule has 5 heteroatoms. The Morgan fingerprint density at radius 1 is 1.26 bits per heavy atom. The van der Waals surface area contributed by atoms with Crippen LogP contribution in [-0.2, 0) is 32.8 Å². The SMILES string of the molecule is CCOC(=O)C[C@@H]1Cc2sccc2C2(CCN(Cc3ccccc3)CC2)O1. The molecule has 2 aliphatic rings. The van der Waals surface area contributed by atoms with Gasteiger partial charge in [-0.05, 0) is 42.3 Å². The molecule has 0 aliphatic carbocycles. The summed E-state index contributed by atoms with van der Waals surface area (Å²) in [6.45, 7) is 5.28. The molecule has 1 atom stereocenters. The minimum atomic E-state index is -0.238. The van der Waals surface area contributed by atoms with E-state index in [0.29, 0.717) is 13.0 Å². The number of carbonyl (C=O) groups excluding carboxylic acids is 1. The summed E-state index contributed by atoms with van der Waals surface area (Å²) in [6.07, 6.45) is 3.05. The number of esters is 1. The highest BCUT2D eigenvalue weighted by molar-refractivity contribution is 7.10. The number of nitrogens with zero attached hydrogens (tertiary/aromatic N) is 1. The van der Waals surface area contributed by atoms with Gasteiger partial charge >= 0.3 is 5.97 Å². The highest BCUT2D eigenvalue weighted by Gasteiger charge is 2.44. The second-order valence-electron chi connectivity index (χ2n) is 7.47. The Morgan fingerprint density at radius 3 is 2.78 bits per heavy atom. The standard InChI is InChI=1S/C22H27NO3S/c1-2-25-21(24)15-18-14-20-19(8-13-27-20)22(26-18)9-11-23(12-10-22)16-17-6-4-3-5-7-17/h3-8,13,18H,2,9-12,14-16H2,1H3/t18-/m0/s1. The average Bonchev–Trinajstić information content (AvgIpc) is 3.14. The zero-order chi connectivity index (χ0) is 18.7. The number of carbonyl (C=O) groups is 1. The lowest BCUT2D eigenvalue weighted by molar-refractivity contribution is -0.162. The van der Waals surface area contributed by atoms with Crippen LogP contribution in [0.25, 0.3) is 0 Å². The van der Waals surface area contributed by atoms with Gasteiger partial charge in [0.1, 0.15) is 0 Å². The molecule has 1 aromatic carbocycles. The molecule has 1 saturated heterocycles. The quantitative estimate of drug-likeness (QED) is 0.726. The first-order chi connectivity index (χ1) is 13.2. The number of likely N-dealkylation sites (tertiary alicyclic amines) is 1. The van der Waals surface area contributed by atoms with Crippen LogP contribution in [0.2, 0.25) is 0 Å². The Labute approximate surface area is 165 Å². The minimum absolute atomic E-state index is 0.0733. The molecule has 2 aliphatic heterocycles. The van der Waals surface area contributed by atoms with Crippen molar-refractivity contribution in [2.45, 2.75) is 50.9 Å². The molecule has 0 bridgehead atoms. The van der Waals surface area contributed by atoms with E-state index in [1.54, 1.807) is 11.3 Å². The van der Waals surface area contributed by atoms with Crippen molar-refractivity contribution in [1.82, 2.24) is 4.90 Å². The third-order valence-electron chi connectivity index (χ3n) is 5.65. The van der Waals surface area contributed by atoms with Crippen molar-refractivity contribution in [3.05, 3.63) is 57.8 Å². The van der Waals surface area contributed by atoms with E-state index in [1.807, 2.05) is 6.92 Å². The Hall–Kier alpha value is -1.69. The first kappa shape index (κ1) is 18.7. The van der Waals surface area contributed by atoms with Crippen LogP contribution in [0.4, 0.5) is 0 Å². The van der Waals surface area contributed by atoms with E-state index in [4.69, 9.17) is 9.47 Å². The summed E-state index contributed by atoms with van der Waals surface area (Å²) >= 11 is 1.79. The van der Waals surface area contributed by atoms with Gasteiger partial charge in [0.2, 0.25) is 0 Å². The van der Waals surface area contributed by atoms with Crippen molar-refractivity contribution >= 4 is 17.3 Å². The van der Waals surface area contributed by atoms with E-state index in [0.717, 1.165) is 38.9 Å². The summed E-state index contributed by atoms with van der Waals surface area (Å²) in [7, 11) is 0. The highest BCUT2D eigenvalue weighted by atomic mass is 32.1. The van der Waals surface area contributed by atoms with Crippen LogP contribution < -0.4 is 0 Å². The van der Waals surface area contributed by atoms with E-state index in [-0.39, 0.29) is 17.7 Å². The summed E-state index contributed by atoms with van der Waals surface area (Å²) in [5, 5.41) is 2.17. The van der Waals surface area contributed by atoms with Gasteiger partial charge in [-0.3, -0.25) is 9.69 Å². The van der Waals surface area contributed by atoms with Crippen molar-refractivity contribution in [3.63, 3.8) is 0 Å². The molecule has 3 heterocycles. The van der Waals surface area contributed by atoms with Crippen LogP contribution in [0.1, 0.15) is 42.2 Å². The molecule has 0 N–H and O–H groups in total. The Kier molecular flexibility index (Phi) is 5.62. The predicted molar refractivity (Wildman–Crippen MR) is 107 cm³/mol. The fourth-order valence-corrected chi connectivity index (χ4v) is 5.39. The second-order valence-corrected chi connectivity index (χ2v) is 8.47. The van der Waals surface area contributed by atoms with Gasteiger partial charge in [0.15, 0.2) is 0 Å². The monoisotopic (exact) mass is 385 g/mol. The maximum atomic E-state index is 12.0. The first-order valence-electron chi connectivity index (χ1n) is 9.85. The van der Waals surface area contributed by atoms with Crippen LogP contribution in [0, 0.1) is 0 Å². The summed E-state index contributed by atoms with van der Waals surface area (Å²) in [4.78, 5) is 15.9. The van der Waals surface area contributed by atoms with E-state index in [1.165, 1.54) is 16.0 Å². The van der Waals surface area contributed by atoms with Gasteiger partial charge in [-0.2, -0.15) is 0 Å². The molecule has 0 unspecified atom stereocenters. The van der Waals surface area contributed by atoms with Crippen LogP contribution >= 0.6 is 11.3 Å². The van der Waals surface area contributed by atoms with E-state index in [9.17, 15) is 4.79 Å². The Balaban J connectivity index is 1.45. The number of rotatable bonds is 5. The summed E-state index contributed by atoms with van der Waals surface area (Å²) in [5.41, 5.74) is 2.47. The van der Waals surface area contributed by atoms with Crippen LogP contribution in [0.5, 0.6) is 0 Å². The lowest BCUT2D eigenvalue weighted by Gasteiger charge is -2.46. The third-order valence-corrected chi connectivity index (χ3v) is 6.60. The van der Waals surface area contributed by atoms with Gasteiger partial charge in [0, 0.05) is 30.9 Å². The van der Waals surface area contributed by atoms with Gasteiger partial charge in [-0.25, -0.2) is 0 Å². The zero-order valence-corrected chi connectivity index (χ0v) is 16.7. The van der Waals surface area contributed by atoms with Gasteiger partial charge in [-0.15, -0.1) is 11.3 Å². The molecule has 2 aromatic rings. The Morgan fingerprint density at radius 2 is 2.04 bits per heavy atom. The number of benzene rings is 1. The van der Waals surface area contributed by atoms with Crippen molar-refractivity contribution in [2.24, 2.45) is 0 Å². The normalized spacial score (nSPS) is 21.7. The van der Waals surface area contributed by atoms with Gasteiger partial charge in [0.05, 0.1) is 24.7 Å². The van der Waals surface area contributed by atoms with Crippen LogP contribution in [0.15, 0.2) is 41.8 Å². The van der Waals surface area contributed by atoms with Gasteiger partial charge in [-0.1, -0.05) is 30.3 Å². The molecule has 1 aromatic heterocycles. The smallest absolute Gasteiger partial charge is 0.308 e. The van der Waals surface area contributed by atoms with E-state index >= 15 is 0 Å². The molecule has 0 radical (unpaired) electrons. The van der Waals surface area contributed by atoms with Crippen LogP contribution in [-0.4, -0.2) is 36.7 Å². The van der Waals surface area contributed by atoms with Crippen molar-refractivity contribution < 1.29 is 14.3 Å². The van der Waals surface area contributed by atoms with E-state index < -0.39 is 0 Å². The maximum absolute atomic E-state index is 12.0. The first-order valence-corrected chi connectivity index (χ1v) is 10.7. The number of thiophene rings is 1. The maximum Gasteiger partial charge on any atom is 0.308 e. The Bertz CT molecular complexity index is 765. The second kappa shape index (κ2) is 8.13. The summed E-state index contributed by atoms with van der Waals surface area (Å²) < 4.78 is 11.7. The number of hydrogen-bond donors (Lipinski definition) is 0. The number of fused-ring (bicyclic) bond motifs is 2. The summed E-state index contributed by atoms with van der Waals surface area (Å²) in [5.74, 6) is -0.154.